The summed E-state index contributed by atoms with van der Waals surface area (Å²) in [6, 6.07) is 10.7. The van der Waals surface area contributed by atoms with Crippen molar-refractivity contribution in [2.75, 3.05) is 25.2 Å². The zero-order valence-electron chi connectivity index (χ0n) is 16.9. The van der Waals surface area contributed by atoms with E-state index >= 15 is 0 Å². The first-order valence-electron chi connectivity index (χ1n) is 9.43. The molecule has 1 heterocycles. The molecule has 2 aromatic carbocycles. The Bertz CT molecular complexity index is 997. The third kappa shape index (κ3) is 4.27. The molecule has 156 valence electrons. The molecule has 0 aromatic heterocycles. The highest BCUT2D eigenvalue weighted by molar-refractivity contribution is 6.39. The Hall–Kier alpha value is -3.81. The van der Waals surface area contributed by atoms with Crippen molar-refractivity contribution in [3.8, 4) is 17.2 Å². The second-order valence-electron chi connectivity index (χ2n) is 6.23. The van der Waals surface area contributed by atoms with Crippen LogP contribution in [0.25, 0.3) is 6.08 Å². The van der Waals surface area contributed by atoms with Gasteiger partial charge in [-0.05, 0) is 61.9 Å². The third-order valence-corrected chi connectivity index (χ3v) is 4.31. The van der Waals surface area contributed by atoms with Gasteiger partial charge >= 0.3 is 6.03 Å². The van der Waals surface area contributed by atoms with E-state index in [1.165, 1.54) is 13.2 Å². The number of hydrogen-bond acceptors (Lipinski definition) is 6. The van der Waals surface area contributed by atoms with Gasteiger partial charge in [0.2, 0.25) is 0 Å². The van der Waals surface area contributed by atoms with Crippen molar-refractivity contribution in [1.29, 1.82) is 0 Å². The number of urea groups is 1. The predicted octanol–water partition coefficient (Wildman–Crippen LogP) is 3.16. The van der Waals surface area contributed by atoms with Gasteiger partial charge in [-0.25, -0.2) is 9.69 Å². The molecule has 0 radical (unpaired) electrons. The van der Waals surface area contributed by atoms with E-state index in [0.29, 0.717) is 41.7 Å². The Morgan fingerprint density at radius 3 is 2.27 bits per heavy atom. The van der Waals surface area contributed by atoms with E-state index in [0.717, 1.165) is 4.90 Å². The fourth-order valence-electron chi connectivity index (χ4n) is 2.97. The lowest BCUT2D eigenvalue weighted by Crippen LogP contribution is -2.54. The third-order valence-electron chi connectivity index (χ3n) is 4.31. The first-order valence-corrected chi connectivity index (χ1v) is 9.43. The summed E-state index contributed by atoms with van der Waals surface area (Å²) in [5.41, 5.74) is 0.702. The highest BCUT2D eigenvalue weighted by atomic mass is 16.5. The van der Waals surface area contributed by atoms with Crippen LogP contribution in [0.1, 0.15) is 19.4 Å². The summed E-state index contributed by atoms with van der Waals surface area (Å²) < 4.78 is 16.2. The molecule has 0 atom stereocenters. The van der Waals surface area contributed by atoms with Crippen LogP contribution in [-0.2, 0) is 9.59 Å². The van der Waals surface area contributed by atoms with E-state index < -0.39 is 17.8 Å². The zero-order chi connectivity index (χ0) is 21.7. The number of nitrogens with one attached hydrogen (secondary N) is 1. The maximum Gasteiger partial charge on any atom is 0.335 e. The molecule has 8 nitrogen and oxygen atoms in total. The van der Waals surface area contributed by atoms with E-state index in [2.05, 4.69) is 5.32 Å². The molecule has 8 heteroatoms. The molecule has 0 unspecified atom stereocenters. The van der Waals surface area contributed by atoms with Gasteiger partial charge in [0.1, 0.15) is 11.3 Å². The number of benzene rings is 2. The average molecular weight is 410 g/mol. The highest BCUT2D eigenvalue weighted by Crippen LogP contribution is 2.30. The fourth-order valence-corrected chi connectivity index (χ4v) is 2.97. The number of carbonyl (C=O) groups excluding carboxylic acids is 3. The largest absolute Gasteiger partial charge is 0.494 e. The minimum absolute atomic E-state index is 0.172. The zero-order valence-corrected chi connectivity index (χ0v) is 16.9. The number of rotatable bonds is 7. The van der Waals surface area contributed by atoms with Crippen molar-refractivity contribution in [2.24, 2.45) is 0 Å². The molecular formula is C22H22N2O6. The van der Waals surface area contributed by atoms with E-state index in [4.69, 9.17) is 14.2 Å². The molecule has 1 saturated heterocycles. The van der Waals surface area contributed by atoms with Gasteiger partial charge in [0.05, 0.1) is 26.0 Å². The molecule has 0 aliphatic carbocycles. The highest BCUT2D eigenvalue weighted by Gasteiger charge is 2.36. The summed E-state index contributed by atoms with van der Waals surface area (Å²) in [6.45, 7) is 4.67. The van der Waals surface area contributed by atoms with Crippen molar-refractivity contribution in [2.45, 2.75) is 13.8 Å². The monoisotopic (exact) mass is 410 g/mol. The number of methoxy groups -OCH3 is 1. The van der Waals surface area contributed by atoms with Gasteiger partial charge < -0.3 is 14.2 Å². The average Bonchev–Trinajstić information content (AvgIpc) is 2.73. The van der Waals surface area contributed by atoms with Crippen LogP contribution in [0.15, 0.2) is 48.0 Å². The van der Waals surface area contributed by atoms with E-state index in [-0.39, 0.29) is 5.57 Å². The molecular weight excluding hydrogens is 388 g/mol. The minimum atomic E-state index is -0.810. The normalized spacial score (nSPS) is 15.2. The minimum Gasteiger partial charge on any atom is -0.494 e. The second-order valence-corrected chi connectivity index (χ2v) is 6.23. The van der Waals surface area contributed by atoms with Gasteiger partial charge in [-0.3, -0.25) is 14.9 Å². The number of carbonyl (C=O) groups is 3. The number of imide groups is 2. The summed E-state index contributed by atoms with van der Waals surface area (Å²) in [5.74, 6) is 0.141. The van der Waals surface area contributed by atoms with Gasteiger partial charge in [-0.15, -0.1) is 0 Å². The van der Waals surface area contributed by atoms with Gasteiger partial charge in [-0.2, -0.15) is 0 Å². The Labute approximate surface area is 174 Å². The lowest BCUT2D eigenvalue weighted by atomic mass is 10.1. The summed E-state index contributed by atoms with van der Waals surface area (Å²) in [7, 11) is 1.50. The summed E-state index contributed by atoms with van der Waals surface area (Å²) in [6.07, 6.45) is 1.41. The van der Waals surface area contributed by atoms with E-state index in [1.807, 2.05) is 13.8 Å². The molecule has 3 rings (SSSR count). The van der Waals surface area contributed by atoms with E-state index in [9.17, 15) is 14.4 Å². The maximum atomic E-state index is 13.0. The van der Waals surface area contributed by atoms with Crippen molar-refractivity contribution in [1.82, 2.24) is 5.32 Å². The standard InChI is InChI=1S/C22H22N2O6/c1-4-29-16-9-7-15(8-10-16)24-21(26)17(20(25)23-22(24)27)12-14-6-11-18(30-5-2)19(13-14)28-3/h6-13H,4-5H2,1-3H3,(H,23,25,27)/b17-12-. The Kier molecular flexibility index (Phi) is 6.36. The summed E-state index contributed by atoms with van der Waals surface area (Å²) >= 11 is 0. The molecule has 1 N–H and O–H groups in total. The first kappa shape index (κ1) is 20.9. The van der Waals surface area contributed by atoms with Crippen LogP contribution in [0.4, 0.5) is 10.5 Å². The van der Waals surface area contributed by atoms with Crippen molar-refractivity contribution in [3.05, 3.63) is 53.6 Å². The Morgan fingerprint density at radius 2 is 1.63 bits per heavy atom. The fraction of sp³-hybridized carbons (Fsp3) is 0.227. The number of nitrogens with zero attached hydrogens (tertiary/aromatic N) is 1. The van der Waals surface area contributed by atoms with E-state index in [1.54, 1.807) is 42.5 Å². The van der Waals surface area contributed by atoms with Gasteiger partial charge in [-0.1, -0.05) is 6.07 Å². The molecule has 1 aliphatic heterocycles. The topological polar surface area (TPSA) is 94.2 Å². The lowest BCUT2D eigenvalue weighted by Gasteiger charge is -2.26. The van der Waals surface area contributed by atoms with Crippen LogP contribution in [0.2, 0.25) is 0 Å². The number of ether oxygens (including phenoxy) is 3. The lowest BCUT2D eigenvalue weighted by molar-refractivity contribution is -0.122. The van der Waals surface area contributed by atoms with Gasteiger partial charge in [0.25, 0.3) is 11.8 Å². The van der Waals surface area contributed by atoms with Crippen LogP contribution in [-0.4, -0.2) is 38.2 Å². The van der Waals surface area contributed by atoms with Crippen LogP contribution < -0.4 is 24.4 Å². The number of hydrogen-bond donors (Lipinski definition) is 1. The second kappa shape index (κ2) is 9.13. The Balaban J connectivity index is 1.94. The Morgan fingerprint density at radius 1 is 0.933 bits per heavy atom. The molecule has 0 saturated carbocycles. The molecule has 0 spiro atoms. The predicted molar refractivity (Wildman–Crippen MR) is 111 cm³/mol. The van der Waals surface area contributed by atoms with Gasteiger partial charge in [0, 0.05) is 0 Å². The number of anilines is 1. The molecule has 1 aliphatic rings. The van der Waals surface area contributed by atoms with Crippen LogP contribution >= 0.6 is 0 Å². The molecule has 2 aromatic rings. The number of barbiturate groups is 1. The van der Waals surface area contributed by atoms with Crippen molar-refractivity contribution in [3.63, 3.8) is 0 Å². The molecule has 30 heavy (non-hydrogen) atoms. The van der Waals surface area contributed by atoms with Crippen molar-refractivity contribution >= 4 is 29.6 Å². The van der Waals surface area contributed by atoms with Gasteiger partial charge in [0.15, 0.2) is 11.5 Å². The number of amides is 4. The smallest absolute Gasteiger partial charge is 0.335 e. The SMILES string of the molecule is CCOc1ccc(N2C(=O)NC(=O)/C(=C/c3ccc(OCC)c(OC)c3)C2=O)cc1. The van der Waals surface area contributed by atoms with Crippen LogP contribution in [0, 0.1) is 0 Å². The van der Waals surface area contributed by atoms with Crippen LogP contribution in [0.3, 0.4) is 0 Å². The first-order chi connectivity index (χ1) is 14.5. The summed E-state index contributed by atoms with van der Waals surface area (Å²) in [4.78, 5) is 38.5. The quantitative estimate of drug-likeness (QED) is 0.557. The molecule has 0 bridgehead atoms. The summed E-state index contributed by atoms with van der Waals surface area (Å²) in [5, 5.41) is 2.20. The van der Waals surface area contributed by atoms with Crippen LogP contribution in [0.5, 0.6) is 17.2 Å². The maximum absolute atomic E-state index is 13.0. The van der Waals surface area contributed by atoms with Crippen molar-refractivity contribution < 1.29 is 28.6 Å². The molecule has 4 amide bonds. The molecule has 1 fully saturated rings.